The van der Waals surface area contributed by atoms with Gasteiger partial charge in [0.15, 0.2) is 0 Å². The average Bonchev–Trinajstić information content (AvgIpc) is 3.31. The van der Waals surface area contributed by atoms with E-state index in [1.165, 1.54) is 24.7 Å². The molecule has 0 bridgehead atoms. The number of nitrogens with one attached hydrogen (secondary N) is 1. The predicted octanol–water partition coefficient (Wildman–Crippen LogP) is 3.22. The highest BCUT2D eigenvalue weighted by Crippen LogP contribution is 2.29. The molecule has 2 N–H and O–H groups in total. The zero-order valence-corrected chi connectivity index (χ0v) is 15.9. The molecular weight excluding hydrogens is 374 g/mol. The molecule has 1 aromatic carbocycles. The van der Waals surface area contributed by atoms with Gasteiger partial charge in [0.05, 0.1) is 13.4 Å². The number of furan rings is 1. The lowest BCUT2D eigenvalue weighted by molar-refractivity contribution is 0.193. The number of aliphatic hydroxyl groups excluding tert-OH is 1. The number of aryl methyl sites for hydroxylation is 1. The Labute approximate surface area is 156 Å². The molecule has 0 saturated carbocycles. The number of hydrogen-bond acceptors (Lipinski definition) is 6. The van der Waals surface area contributed by atoms with Crippen LogP contribution in [0.3, 0.4) is 0 Å². The van der Waals surface area contributed by atoms with Gasteiger partial charge in [-0.05, 0) is 48.9 Å². The third-order valence-electron chi connectivity index (χ3n) is 3.81. The van der Waals surface area contributed by atoms with Gasteiger partial charge < -0.3 is 14.3 Å². The minimum absolute atomic E-state index is 0.104. The Morgan fingerprint density at radius 2 is 2.08 bits per heavy atom. The Bertz CT molecular complexity index is 977. The summed E-state index contributed by atoms with van der Waals surface area (Å²) in [6.07, 6.45) is 0.633. The van der Waals surface area contributed by atoms with Crippen molar-refractivity contribution in [3.8, 4) is 5.75 Å². The van der Waals surface area contributed by atoms with Crippen LogP contribution in [0.4, 0.5) is 0 Å². The normalized spacial score (nSPS) is 12.9. The van der Waals surface area contributed by atoms with Crippen LogP contribution in [0.15, 0.2) is 58.0 Å². The van der Waals surface area contributed by atoms with Crippen LogP contribution in [-0.4, -0.2) is 20.6 Å². The molecule has 0 aliphatic heterocycles. The van der Waals surface area contributed by atoms with Gasteiger partial charge in [-0.25, -0.2) is 13.1 Å². The summed E-state index contributed by atoms with van der Waals surface area (Å²) < 4.78 is 38.2. The molecule has 0 fully saturated rings. The van der Waals surface area contributed by atoms with Crippen molar-refractivity contribution in [3.63, 3.8) is 0 Å². The van der Waals surface area contributed by atoms with Crippen LogP contribution in [0.1, 0.15) is 27.2 Å². The van der Waals surface area contributed by atoms with Gasteiger partial charge in [0.25, 0.3) is 0 Å². The average molecular weight is 393 g/mol. The summed E-state index contributed by atoms with van der Waals surface area (Å²) in [5.41, 5.74) is 0.825. The maximum absolute atomic E-state index is 12.6. The van der Waals surface area contributed by atoms with E-state index in [9.17, 15) is 13.5 Å². The molecule has 3 rings (SSSR count). The Balaban J connectivity index is 1.74. The molecule has 0 aliphatic carbocycles. The van der Waals surface area contributed by atoms with Crippen LogP contribution < -0.4 is 9.46 Å². The van der Waals surface area contributed by atoms with Gasteiger partial charge in [-0.1, -0.05) is 6.07 Å². The Hall–Kier alpha value is -2.13. The van der Waals surface area contributed by atoms with Crippen LogP contribution in [0.2, 0.25) is 0 Å². The number of rotatable bonds is 7. The first-order valence-electron chi connectivity index (χ1n) is 7.85. The predicted molar refractivity (Wildman–Crippen MR) is 98.8 cm³/mol. The molecule has 1 unspecified atom stereocenters. The topological polar surface area (TPSA) is 88.8 Å². The fourth-order valence-electron chi connectivity index (χ4n) is 2.46. The molecular formula is C18H19NO5S2. The molecule has 0 amide bonds. The van der Waals surface area contributed by atoms with Crippen LogP contribution in [0.25, 0.3) is 0 Å². The Kier molecular flexibility index (Phi) is 5.47. The van der Waals surface area contributed by atoms with Gasteiger partial charge >= 0.3 is 0 Å². The number of ether oxygens (including phenoxy) is 1. The van der Waals surface area contributed by atoms with E-state index in [-0.39, 0.29) is 11.4 Å². The molecule has 0 aliphatic rings. The van der Waals surface area contributed by atoms with E-state index < -0.39 is 16.1 Å². The maximum Gasteiger partial charge on any atom is 0.244 e. The van der Waals surface area contributed by atoms with Crippen LogP contribution >= 0.6 is 11.3 Å². The maximum atomic E-state index is 12.6. The van der Waals surface area contributed by atoms with Crippen molar-refractivity contribution < 1.29 is 22.7 Å². The van der Waals surface area contributed by atoms with Gasteiger partial charge in [0.1, 0.15) is 22.5 Å². The molecule has 3 aromatic rings. The highest BCUT2D eigenvalue weighted by Gasteiger charge is 2.21. The van der Waals surface area contributed by atoms with E-state index in [0.717, 1.165) is 10.4 Å². The number of hydrogen-bond donors (Lipinski definition) is 2. The van der Waals surface area contributed by atoms with Gasteiger partial charge in [-0.2, -0.15) is 0 Å². The molecule has 0 saturated heterocycles. The fraction of sp³-hybridized carbons (Fsp3) is 0.222. The highest BCUT2D eigenvalue weighted by atomic mass is 32.2. The SMILES string of the molecule is COc1ccc(C)cc1S(=O)(=O)NCc1ccc(C(O)c2ccco2)s1. The number of aliphatic hydroxyl groups is 1. The molecule has 0 radical (unpaired) electrons. The second kappa shape index (κ2) is 7.63. The van der Waals surface area contributed by atoms with Crippen LogP contribution in [0, 0.1) is 6.92 Å². The van der Waals surface area contributed by atoms with E-state index in [2.05, 4.69) is 4.72 Å². The second-order valence-electron chi connectivity index (χ2n) is 5.70. The Morgan fingerprint density at radius 1 is 1.27 bits per heavy atom. The monoisotopic (exact) mass is 393 g/mol. The smallest absolute Gasteiger partial charge is 0.244 e. The molecule has 26 heavy (non-hydrogen) atoms. The van der Waals surface area contributed by atoms with Crippen LogP contribution in [-0.2, 0) is 16.6 Å². The van der Waals surface area contributed by atoms with Crippen molar-refractivity contribution in [1.82, 2.24) is 4.72 Å². The number of sulfonamides is 1. The van der Waals surface area contributed by atoms with Gasteiger partial charge in [0, 0.05) is 16.3 Å². The molecule has 8 heteroatoms. The Morgan fingerprint density at radius 3 is 2.77 bits per heavy atom. The van der Waals surface area contributed by atoms with E-state index in [0.29, 0.717) is 16.4 Å². The van der Waals surface area contributed by atoms with Gasteiger partial charge in [-0.3, -0.25) is 0 Å². The zero-order chi connectivity index (χ0) is 18.7. The zero-order valence-electron chi connectivity index (χ0n) is 14.3. The summed E-state index contributed by atoms with van der Waals surface area (Å²) in [4.78, 5) is 1.57. The van der Waals surface area contributed by atoms with Gasteiger partial charge in [-0.15, -0.1) is 11.3 Å². The highest BCUT2D eigenvalue weighted by molar-refractivity contribution is 7.89. The molecule has 0 spiro atoms. The molecule has 1 atom stereocenters. The summed E-state index contributed by atoms with van der Waals surface area (Å²) in [7, 11) is -2.29. The van der Waals surface area contributed by atoms with E-state index in [1.807, 2.05) is 6.92 Å². The van der Waals surface area contributed by atoms with E-state index in [1.54, 1.807) is 42.5 Å². The minimum Gasteiger partial charge on any atom is -0.495 e. The number of thiophene rings is 1. The first-order chi connectivity index (χ1) is 12.4. The minimum atomic E-state index is -3.73. The van der Waals surface area contributed by atoms with Crippen LogP contribution in [0.5, 0.6) is 5.75 Å². The van der Waals surface area contributed by atoms with E-state index >= 15 is 0 Å². The van der Waals surface area contributed by atoms with Crippen molar-refractivity contribution in [2.24, 2.45) is 0 Å². The third-order valence-corrected chi connectivity index (χ3v) is 6.37. The summed E-state index contributed by atoms with van der Waals surface area (Å²) in [5, 5.41) is 10.3. The summed E-state index contributed by atoms with van der Waals surface area (Å²) in [5.74, 6) is 0.742. The van der Waals surface area contributed by atoms with Crippen molar-refractivity contribution in [2.45, 2.75) is 24.5 Å². The lowest BCUT2D eigenvalue weighted by Crippen LogP contribution is -2.23. The number of methoxy groups -OCH3 is 1. The summed E-state index contributed by atoms with van der Waals surface area (Å²) in [6, 6.07) is 11.9. The standard InChI is InChI=1S/C18H19NO5S2/c1-12-5-7-14(23-2)17(10-12)26(21,22)19-11-13-6-8-16(25-13)18(20)15-4-3-9-24-15/h3-10,18-20H,11H2,1-2H3. The van der Waals surface area contributed by atoms with Crippen molar-refractivity contribution >= 4 is 21.4 Å². The lowest BCUT2D eigenvalue weighted by Gasteiger charge is -2.11. The second-order valence-corrected chi connectivity index (χ2v) is 8.64. The van der Waals surface area contributed by atoms with Crippen molar-refractivity contribution in [2.75, 3.05) is 7.11 Å². The largest absolute Gasteiger partial charge is 0.495 e. The lowest BCUT2D eigenvalue weighted by atomic mass is 10.2. The van der Waals surface area contributed by atoms with Crippen molar-refractivity contribution in [3.05, 3.63) is 69.8 Å². The first-order valence-corrected chi connectivity index (χ1v) is 10.1. The summed E-state index contributed by atoms with van der Waals surface area (Å²) in [6.45, 7) is 1.94. The van der Waals surface area contributed by atoms with Gasteiger partial charge in [0.2, 0.25) is 10.0 Å². The number of benzene rings is 1. The quantitative estimate of drug-likeness (QED) is 0.643. The first kappa shape index (κ1) is 18.7. The molecule has 2 heterocycles. The third kappa shape index (κ3) is 3.99. The summed E-state index contributed by atoms with van der Waals surface area (Å²) >= 11 is 1.32. The molecule has 6 nitrogen and oxygen atoms in total. The molecule has 2 aromatic heterocycles. The van der Waals surface area contributed by atoms with E-state index in [4.69, 9.17) is 9.15 Å². The fourth-order valence-corrected chi connectivity index (χ4v) is 4.76. The molecule has 138 valence electrons. The van der Waals surface area contributed by atoms with Crippen molar-refractivity contribution in [1.29, 1.82) is 0 Å².